The molecule has 0 heterocycles. The molecule has 0 radical (unpaired) electrons. The molecule has 0 saturated carbocycles. The van der Waals surface area contributed by atoms with Gasteiger partial charge in [-0.25, -0.2) is 4.39 Å². The summed E-state index contributed by atoms with van der Waals surface area (Å²) in [5, 5.41) is 3.81. The first-order chi connectivity index (χ1) is 9.47. The summed E-state index contributed by atoms with van der Waals surface area (Å²) in [6.45, 7) is 0.348. The van der Waals surface area contributed by atoms with Crippen molar-refractivity contribution in [2.45, 2.75) is 6.54 Å². The zero-order valence-electron chi connectivity index (χ0n) is 10.3. The molecule has 0 spiro atoms. The van der Waals surface area contributed by atoms with Gasteiger partial charge in [0.15, 0.2) is 0 Å². The van der Waals surface area contributed by atoms with Crippen molar-refractivity contribution in [1.29, 1.82) is 0 Å². The molecule has 104 valence electrons. The molecule has 2 rings (SSSR count). The van der Waals surface area contributed by atoms with Crippen LogP contribution in [0.25, 0.3) is 0 Å². The first-order valence-corrected chi connectivity index (χ1v) is 6.50. The van der Waals surface area contributed by atoms with E-state index in [0.717, 1.165) is 0 Å². The molecule has 20 heavy (non-hydrogen) atoms. The van der Waals surface area contributed by atoms with Crippen molar-refractivity contribution < 1.29 is 9.18 Å². The number of carbonyl (C=O) groups is 1. The maximum atomic E-state index is 12.9. The average Bonchev–Trinajstić information content (AvgIpc) is 2.39. The van der Waals surface area contributed by atoms with Gasteiger partial charge < -0.3 is 11.1 Å². The van der Waals surface area contributed by atoms with E-state index in [2.05, 4.69) is 5.32 Å². The van der Waals surface area contributed by atoms with Crippen LogP contribution in [0.4, 0.5) is 10.1 Å². The number of halogens is 3. The summed E-state index contributed by atoms with van der Waals surface area (Å²) in [5.41, 5.74) is 6.83. The van der Waals surface area contributed by atoms with Crippen molar-refractivity contribution in [3.63, 3.8) is 0 Å². The fourth-order valence-corrected chi connectivity index (χ4v) is 2.09. The lowest BCUT2D eigenvalue weighted by Crippen LogP contribution is -2.11. The summed E-state index contributed by atoms with van der Waals surface area (Å²) in [5.74, 6) is -0.933. The van der Waals surface area contributed by atoms with E-state index in [9.17, 15) is 9.18 Å². The van der Waals surface area contributed by atoms with Crippen LogP contribution in [0.2, 0.25) is 10.0 Å². The topological polar surface area (TPSA) is 55.1 Å². The number of amides is 1. The van der Waals surface area contributed by atoms with E-state index in [1.54, 1.807) is 24.3 Å². The number of rotatable bonds is 4. The molecule has 0 fully saturated rings. The van der Waals surface area contributed by atoms with Crippen molar-refractivity contribution in [2.24, 2.45) is 5.73 Å². The molecule has 0 atom stereocenters. The fourth-order valence-electron chi connectivity index (χ4n) is 1.67. The summed E-state index contributed by atoms with van der Waals surface area (Å²) in [6, 6.07) is 8.82. The monoisotopic (exact) mass is 312 g/mol. The van der Waals surface area contributed by atoms with E-state index < -0.39 is 11.7 Å². The molecule has 3 nitrogen and oxygen atoms in total. The highest BCUT2D eigenvalue weighted by Gasteiger charge is 2.07. The minimum absolute atomic E-state index is 0.319. The second-order valence-electron chi connectivity index (χ2n) is 4.15. The molecule has 0 aromatic heterocycles. The molecule has 2 aromatic carbocycles. The van der Waals surface area contributed by atoms with E-state index in [-0.39, 0.29) is 0 Å². The molecule has 0 aliphatic heterocycles. The first-order valence-electron chi connectivity index (χ1n) is 5.74. The zero-order chi connectivity index (χ0) is 14.7. The van der Waals surface area contributed by atoms with Crippen LogP contribution in [0, 0.1) is 5.82 Å². The lowest BCUT2D eigenvalue weighted by atomic mass is 10.1. The van der Waals surface area contributed by atoms with Crippen LogP contribution >= 0.6 is 23.2 Å². The van der Waals surface area contributed by atoms with E-state index in [1.165, 1.54) is 12.1 Å². The zero-order valence-corrected chi connectivity index (χ0v) is 11.8. The van der Waals surface area contributed by atoms with Crippen molar-refractivity contribution in [3.05, 3.63) is 63.4 Å². The molecule has 0 aliphatic carbocycles. The molecular formula is C14H11Cl2FN2O. The predicted molar refractivity (Wildman–Crippen MR) is 78.7 cm³/mol. The standard InChI is InChI=1S/C14H11Cl2FN2O/c15-11-4-2-8(14(18)20)5-13(11)19-7-9-1-3-10(17)6-12(9)16/h1-6,19H,7H2,(H2,18,20). The van der Waals surface area contributed by atoms with E-state index in [4.69, 9.17) is 28.9 Å². The quantitative estimate of drug-likeness (QED) is 0.901. The summed E-state index contributed by atoms with van der Waals surface area (Å²) in [7, 11) is 0. The number of hydrogen-bond donors (Lipinski definition) is 2. The summed E-state index contributed by atoms with van der Waals surface area (Å²) in [4.78, 5) is 11.1. The van der Waals surface area contributed by atoms with Gasteiger partial charge in [-0.2, -0.15) is 0 Å². The molecule has 0 bridgehead atoms. The molecule has 3 N–H and O–H groups in total. The van der Waals surface area contributed by atoms with Gasteiger partial charge in [-0.05, 0) is 35.9 Å². The van der Waals surface area contributed by atoms with Crippen LogP contribution in [0.1, 0.15) is 15.9 Å². The van der Waals surface area contributed by atoms with Gasteiger partial charge in [-0.15, -0.1) is 0 Å². The third-order valence-corrected chi connectivity index (χ3v) is 3.42. The highest BCUT2D eigenvalue weighted by atomic mass is 35.5. The fraction of sp³-hybridized carbons (Fsp3) is 0.0714. The Morgan fingerprint density at radius 3 is 2.55 bits per heavy atom. The number of nitrogens with one attached hydrogen (secondary N) is 1. The minimum Gasteiger partial charge on any atom is -0.380 e. The number of anilines is 1. The van der Waals surface area contributed by atoms with Gasteiger partial charge in [0.2, 0.25) is 5.91 Å². The van der Waals surface area contributed by atoms with E-state index in [0.29, 0.717) is 33.4 Å². The highest BCUT2D eigenvalue weighted by Crippen LogP contribution is 2.25. The second-order valence-corrected chi connectivity index (χ2v) is 4.96. The van der Waals surface area contributed by atoms with Crippen LogP contribution in [0.15, 0.2) is 36.4 Å². The number of benzene rings is 2. The first kappa shape index (κ1) is 14.6. The van der Waals surface area contributed by atoms with Crippen LogP contribution in [0.5, 0.6) is 0 Å². The van der Waals surface area contributed by atoms with Crippen LogP contribution in [-0.2, 0) is 6.54 Å². The Balaban J connectivity index is 2.18. The molecule has 2 aromatic rings. The van der Waals surface area contributed by atoms with Gasteiger partial charge in [0.1, 0.15) is 5.82 Å². The molecule has 6 heteroatoms. The van der Waals surface area contributed by atoms with Crippen LogP contribution in [-0.4, -0.2) is 5.91 Å². The van der Waals surface area contributed by atoms with Gasteiger partial charge in [0, 0.05) is 17.1 Å². The SMILES string of the molecule is NC(=O)c1ccc(Cl)c(NCc2ccc(F)cc2Cl)c1. The van der Waals surface area contributed by atoms with Crippen molar-refractivity contribution in [1.82, 2.24) is 0 Å². The third-order valence-electron chi connectivity index (χ3n) is 2.74. The third kappa shape index (κ3) is 3.40. The van der Waals surface area contributed by atoms with Crippen molar-refractivity contribution in [2.75, 3.05) is 5.32 Å². The highest BCUT2D eigenvalue weighted by molar-refractivity contribution is 6.33. The Morgan fingerprint density at radius 2 is 1.90 bits per heavy atom. The Kier molecular flexibility index (Phi) is 4.47. The predicted octanol–water partition coefficient (Wildman–Crippen LogP) is 3.84. The Hall–Kier alpha value is -1.78. The summed E-state index contributed by atoms with van der Waals surface area (Å²) < 4.78 is 12.9. The largest absolute Gasteiger partial charge is 0.380 e. The second kappa shape index (κ2) is 6.11. The molecule has 0 unspecified atom stereocenters. The van der Waals surface area contributed by atoms with Gasteiger partial charge in [0.25, 0.3) is 0 Å². The van der Waals surface area contributed by atoms with E-state index in [1.807, 2.05) is 0 Å². The summed E-state index contributed by atoms with van der Waals surface area (Å²) >= 11 is 12.0. The maximum absolute atomic E-state index is 12.9. The normalized spacial score (nSPS) is 10.3. The van der Waals surface area contributed by atoms with Crippen molar-refractivity contribution >= 4 is 34.8 Å². The lowest BCUT2D eigenvalue weighted by Gasteiger charge is -2.10. The average molecular weight is 313 g/mol. The van der Waals surface area contributed by atoms with Gasteiger partial charge in [0.05, 0.1) is 10.7 Å². The van der Waals surface area contributed by atoms with Crippen LogP contribution < -0.4 is 11.1 Å². The van der Waals surface area contributed by atoms with Gasteiger partial charge in [-0.3, -0.25) is 4.79 Å². The molecule has 0 aliphatic rings. The van der Waals surface area contributed by atoms with Gasteiger partial charge >= 0.3 is 0 Å². The van der Waals surface area contributed by atoms with E-state index >= 15 is 0 Å². The number of primary amides is 1. The maximum Gasteiger partial charge on any atom is 0.248 e. The Labute approximate surface area is 125 Å². The molecule has 0 saturated heterocycles. The lowest BCUT2D eigenvalue weighted by molar-refractivity contribution is 0.100. The number of hydrogen-bond acceptors (Lipinski definition) is 2. The van der Waals surface area contributed by atoms with Gasteiger partial charge in [-0.1, -0.05) is 29.3 Å². The smallest absolute Gasteiger partial charge is 0.248 e. The summed E-state index contributed by atoms with van der Waals surface area (Å²) in [6.07, 6.45) is 0. The van der Waals surface area contributed by atoms with Crippen molar-refractivity contribution in [3.8, 4) is 0 Å². The number of nitrogens with two attached hydrogens (primary N) is 1. The minimum atomic E-state index is -0.537. The Bertz CT molecular complexity index is 662. The Morgan fingerprint density at radius 1 is 1.15 bits per heavy atom. The molecular weight excluding hydrogens is 302 g/mol. The molecule has 1 amide bonds. The van der Waals surface area contributed by atoms with Crippen LogP contribution in [0.3, 0.4) is 0 Å². The number of carbonyl (C=O) groups excluding carboxylic acids is 1.